The van der Waals surface area contributed by atoms with Gasteiger partial charge in [0.05, 0.1) is 12.2 Å². The number of likely N-dealkylation sites (tertiary alicyclic amines) is 2. The lowest BCUT2D eigenvalue weighted by atomic mass is 9.94. The molecule has 2 saturated heterocycles. The van der Waals surface area contributed by atoms with Gasteiger partial charge in [-0.1, -0.05) is 11.6 Å². The van der Waals surface area contributed by atoms with E-state index in [1.807, 2.05) is 11.8 Å². The summed E-state index contributed by atoms with van der Waals surface area (Å²) in [7, 11) is 0. The molecule has 26 heavy (non-hydrogen) atoms. The number of carbonyl (C=O) groups is 2. The number of pyridine rings is 1. The summed E-state index contributed by atoms with van der Waals surface area (Å²) in [4.78, 5) is 33.2. The van der Waals surface area contributed by atoms with Gasteiger partial charge >= 0.3 is 0 Å². The Morgan fingerprint density at radius 1 is 1.15 bits per heavy atom. The van der Waals surface area contributed by atoms with Crippen molar-refractivity contribution in [3.63, 3.8) is 0 Å². The van der Waals surface area contributed by atoms with Crippen LogP contribution in [0.3, 0.4) is 0 Å². The molecular weight excluding hydrogens is 354 g/mol. The number of rotatable bonds is 4. The molecule has 2 aliphatic heterocycles. The zero-order valence-corrected chi connectivity index (χ0v) is 16.0. The van der Waals surface area contributed by atoms with Gasteiger partial charge in [0.1, 0.15) is 5.02 Å². The van der Waals surface area contributed by atoms with Gasteiger partial charge in [0.25, 0.3) is 5.91 Å². The lowest BCUT2D eigenvalue weighted by molar-refractivity contribution is -0.137. The van der Waals surface area contributed by atoms with Crippen molar-refractivity contribution in [3.05, 3.63) is 22.8 Å². The Balaban J connectivity index is 1.56. The summed E-state index contributed by atoms with van der Waals surface area (Å²) in [6, 6.07) is 1.60. The van der Waals surface area contributed by atoms with Gasteiger partial charge in [-0.15, -0.1) is 0 Å². The highest BCUT2D eigenvalue weighted by Gasteiger charge is 2.31. The maximum atomic E-state index is 12.7. The molecule has 1 aromatic heterocycles. The molecule has 0 N–H and O–H groups in total. The zero-order valence-electron chi connectivity index (χ0n) is 15.2. The third kappa shape index (κ3) is 4.29. The largest absolute Gasteiger partial charge is 0.477 e. The van der Waals surface area contributed by atoms with Crippen LogP contribution in [0, 0.1) is 5.92 Å². The molecule has 2 fully saturated rings. The summed E-state index contributed by atoms with van der Waals surface area (Å²) in [6.45, 7) is 5.27. The minimum atomic E-state index is -0.0914. The molecule has 2 aliphatic rings. The van der Waals surface area contributed by atoms with Crippen molar-refractivity contribution in [2.24, 2.45) is 5.92 Å². The highest BCUT2D eigenvalue weighted by atomic mass is 35.5. The number of hydrogen-bond acceptors (Lipinski definition) is 4. The molecule has 0 unspecified atom stereocenters. The van der Waals surface area contributed by atoms with Crippen LogP contribution >= 0.6 is 11.6 Å². The molecule has 7 heteroatoms. The van der Waals surface area contributed by atoms with E-state index >= 15 is 0 Å². The van der Waals surface area contributed by atoms with E-state index in [9.17, 15) is 9.59 Å². The maximum Gasteiger partial charge on any atom is 0.255 e. The number of ether oxygens (including phenoxy) is 1. The highest BCUT2D eigenvalue weighted by Crippen LogP contribution is 2.26. The average molecular weight is 380 g/mol. The van der Waals surface area contributed by atoms with Crippen molar-refractivity contribution in [1.82, 2.24) is 14.8 Å². The van der Waals surface area contributed by atoms with Crippen LogP contribution in [0.25, 0.3) is 0 Å². The normalized spacial score (nSPS) is 18.7. The van der Waals surface area contributed by atoms with Crippen molar-refractivity contribution in [3.8, 4) is 5.88 Å². The summed E-state index contributed by atoms with van der Waals surface area (Å²) >= 11 is 6.13. The van der Waals surface area contributed by atoms with E-state index in [2.05, 4.69) is 4.98 Å². The third-order valence-corrected chi connectivity index (χ3v) is 5.41. The number of halogens is 1. The Bertz CT molecular complexity index is 653. The second kappa shape index (κ2) is 8.71. The standard InChI is InChI=1S/C19H26ClN3O3/c1-2-26-17-16(20)12-15(13-21-17)19(25)23-10-6-14(7-11-23)18(24)22-8-4-3-5-9-22/h12-14H,2-11H2,1H3. The maximum absolute atomic E-state index is 12.7. The predicted octanol–water partition coefficient (Wildman–Crippen LogP) is 3.00. The van der Waals surface area contributed by atoms with Crippen LogP contribution < -0.4 is 4.74 Å². The van der Waals surface area contributed by atoms with Crippen molar-refractivity contribution in [2.45, 2.75) is 39.0 Å². The second-order valence-electron chi connectivity index (χ2n) is 6.90. The van der Waals surface area contributed by atoms with E-state index in [0.717, 1.165) is 38.8 Å². The molecule has 0 atom stereocenters. The Morgan fingerprint density at radius 3 is 2.46 bits per heavy atom. The average Bonchev–Trinajstić information content (AvgIpc) is 2.69. The Labute approximate surface area is 159 Å². The first kappa shape index (κ1) is 19.0. The van der Waals surface area contributed by atoms with Crippen molar-refractivity contribution < 1.29 is 14.3 Å². The molecule has 142 valence electrons. The minimum Gasteiger partial charge on any atom is -0.477 e. The van der Waals surface area contributed by atoms with Gasteiger partial charge in [0.15, 0.2) is 0 Å². The zero-order chi connectivity index (χ0) is 18.5. The van der Waals surface area contributed by atoms with Crippen LogP contribution in [0.5, 0.6) is 5.88 Å². The van der Waals surface area contributed by atoms with Crippen molar-refractivity contribution >= 4 is 23.4 Å². The fraction of sp³-hybridized carbons (Fsp3) is 0.632. The van der Waals surface area contributed by atoms with Gasteiger partial charge in [-0.2, -0.15) is 0 Å². The number of nitrogens with zero attached hydrogens (tertiary/aromatic N) is 3. The van der Waals surface area contributed by atoms with Gasteiger partial charge in [0.2, 0.25) is 11.8 Å². The number of hydrogen-bond donors (Lipinski definition) is 0. The van der Waals surface area contributed by atoms with Crippen molar-refractivity contribution in [1.29, 1.82) is 0 Å². The molecule has 2 amide bonds. The fourth-order valence-corrected chi connectivity index (χ4v) is 3.89. The summed E-state index contributed by atoms with van der Waals surface area (Å²) in [5, 5.41) is 0.341. The summed E-state index contributed by atoms with van der Waals surface area (Å²) < 4.78 is 5.30. The van der Waals surface area contributed by atoms with Gasteiger partial charge < -0.3 is 14.5 Å². The highest BCUT2D eigenvalue weighted by molar-refractivity contribution is 6.32. The number of amides is 2. The first-order valence-electron chi connectivity index (χ1n) is 9.46. The smallest absolute Gasteiger partial charge is 0.255 e. The van der Waals surface area contributed by atoms with Crippen LogP contribution in [-0.2, 0) is 4.79 Å². The Hall–Kier alpha value is -1.82. The van der Waals surface area contributed by atoms with E-state index in [1.54, 1.807) is 11.0 Å². The molecule has 0 aromatic carbocycles. The van der Waals surface area contributed by atoms with Crippen LogP contribution in [-0.4, -0.2) is 59.4 Å². The summed E-state index contributed by atoms with van der Waals surface area (Å²) in [6.07, 6.45) is 6.38. The van der Waals surface area contributed by atoms with Crippen LogP contribution in [0.1, 0.15) is 49.4 Å². The Morgan fingerprint density at radius 2 is 1.85 bits per heavy atom. The van der Waals surface area contributed by atoms with Gasteiger partial charge in [-0.05, 0) is 45.1 Å². The molecule has 6 nitrogen and oxygen atoms in total. The SMILES string of the molecule is CCOc1ncc(C(=O)N2CCC(C(=O)N3CCCCC3)CC2)cc1Cl. The summed E-state index contributed by atoms with van der Waals surface area (Å²) in [5.41, 5.74) is 0.458. The van der Waals surface area contributed by atoms with Gasteiger partial charge in [-0.3, -0.25) is 9.59 Å². The second-order valence-corrected chi connectivity index (χ2v) is 7.30. The fourth-order valence-electron chi connectivity index (χ4n) is 3.67. The van der Waals surface area contributed by atoms with Gasteiger partial charge in [0, 0.05) is 38.3 Å². The number of carbonyl (C=O) groups excluding carboxylic acids is 2. The first-order valence-corrected chi connectivity index (χ1v) is 9.84. The predicted molar refractivity (Wildman–Crippen MR) is 99.5 cm³/mol. The topological polar surface area (TPSA) is 62.7 Å². The lowest BCUT2D eigenvalue weighted by Gasteiger charge is -2.35. The molecule has 0 spiro atoms. The molecule has 0 radical (unpaired) electrons. The molecule has 3 heterocycles. The quantitative estimate of drug-likeness (QED) is 0.806. The molecule has 0 bridgehead atoms. The van der Waals surface area contributed by atoms with E-state index in [-0.39, 0.29) is 17.7 Å². The lowest BCUT2D eigenvalue weighted by Crippen LogP contribution is -2.45. The van der Waals surface area contributed by atoms with E-state index in [4.69, 9.17) is 16.3 Å². The molecule has 0 saturated carbocycles. The van der Waals surface area contributed by atoms with Crippen molar-refractivity contribution in [2.75, 3.05) is 32.8 Å². The van der Waals surface area contributed by atoms with E-state index in [1.165, 1.54) is 12.6 Å². The molecule has 1 aromatic rings. The first-order chi connectivity index (χ1) is 12.6. The van der Waals surface area contributed by atoms with Crippen LogP contribution in [0.2, 0.25) is 5.02 Å². The van der Waals surface area contributed by atoms with Crippen LogP contribution in [0.15, 0.2) is 12.3 Å². The molecule has 3 rings (SSSR count). The number of aromatic nitrogens is 1. The number of piperidine rings is 2. The van der Waals surface area contributed by atoms with Crippen LogP contribution in [0.4, 0.5) is 0 Å². The minimum absolute atomic E-state index is 0.0409. The van der Waals surface area contributed by atoms with Gasteiger partial charge in [-0.25, -0.2) is 4.98 Å². The van der Waals surface area contributed by atoms with E-state index < -0.39 is 0 Å². The third-order valence-electron chi connectivity index (χ3n) is 5.13. The Kier molecular flexibility index (Phi) is 6.35. The van der Waals surface area contributed by atoms with E-state index in [0.29, 0.717) is 36.2 Å². The molecular formula is C19H26ClN3O3. The monoisotopic (exact) mass is 379 g/mol. The molecule has 0 aliphatic carbocycles. The summed E-state index contributed by atoms with van der Waals surface area (Å²) in [5.74, 6) is 0.560.